The van der Waals surface area contributed by atoms with Crippen LogP contribution in [0.3, 0.4) is 0 Å². The van der Waals surface area contributed by atoms with Gasteiger partial charge in [-0.25, -0.2) is 9.97 Å². The highest BCUT2D eigenvalue weighted by atomic mass is 32.2. The summed E-state index contributed by atoms with van der Waals surface area (Å²) >= 11 is 1.29. The third-order valence-electron chi connectivity index (χ3n) is 5.37. The highest BCUT2D eigenvalue weighted by Gasteiger charge is 2.30. The van der Waals surface area contributed by atoms with Crippen molar-refractivity contribution in [2.24, 2.45) is 5.92 Å². The van der Waals surface area contributed by atoms with Gasteiger partial charge in [0.25, 0.3) is 0 Å². The SMILES string of the molecule is O=C(Nc1nc2ccc(OS(=O)(=O)c3ccc(NCCCn4ccnc4)cc3)cc2s1)C1CC1. The number of imidazole rings is 1. The van der Waals surface area contributed by atoms with E-state index in [9.17, 15) is 13.2 Å². The van der Waals surface area contributed by atoms with E-state index in [-0.39, 0.29) is 22.5 Å². The van der Waals surface area contributed by atoms with Crippen molar-refractivity contribution in [1.82, 2.24) is 14.5 Å². The van der Waals surface area contributed by atoms with E-state index in [1.165, 1.54) is 23.5 Å². The van der Waals surface area contributed by atoms with Gasteiger partial charge in [-0.3, -0.25) is 4.79 Å². The molecular formula is C23H23N5O4S2. The van der Waals surface area contributed by atoms with Crippen molar-refractivity contribution in [2.45, 2.75) is 30.7 Å². The van der Waals surface area contributed by atoms with E-state index < -0.39 is 10.1 Å². The Morgan fingerprint density at radius 1 is 1.18 bits per heavy atom. The second-order valence-electron chi connectivity index (χ2n) is 8.05. The molecule has 0 spiro atoms. The van der Waals surface area contributed by atoms with Crippen LogP contribution in [0, 0.1) is 5.92 Å². The van der Waals surface area contributed by atoms with E-state index in [0.717, 1.165) is 42.7 Å². The number of anilines is 2. The number of carbonyl (C=O) groups is 1. The van der Waals surface area contributed by atoms with Crippen molar-refractivity contribution in [2.75, 3.05) is 17.2 Å². The summed E-state index contributed by atoms with van der Waals surface area (Å²) in [7, 11) is -3.99. The average molecular weight is 498 g/mol. The molecule has 1 saturated carbocycles. The number of aromatic nitrogens is 3. The monoisotopic (exact) mass is 497 g/mol. The Labute approximate surface area is 200 Å². The van der Waals surface area contributed by atoms with Crippen LogP contribution in [0.5, 0.6) is 5.75 Å². The Bertz CT molecular complexity index is 1400. The number of hydrogen-bond acceptors (Lipinski definition) is 8. The van der Waals surface area contributed by atoms with Gasteiger partial charge in [0.05, 0.1) is 16.5 Å². The fourth-order valence-electron chi connectivity index (χ4n) is 3.39. The number of amides is 1. The number of fused-ring (bicyclic) bond motifs is 1. The van der Waals surface area contributed by atoms with Crippen LogP contribution in [0.4, 0.5) is 10.8 Å². The summed E-state index contributed by atoms with van der Waals surface area (Å²) in [5, 5.41) is 6.59. The molecular weight excluding hydrogens is 474 g/mol. The van der Waals surface area contributed by atoms with Crippen LogP contribution in [0.25, 0.3) is 10.2 Å². The zero-order valence-electron chi connectivity index (χ0n) is 18.2. The van der Waals surface area contributed by atoms with Crippen LogP contribution >= 0.6 is 11.3 Å². The summed E-state index contributed by atoms with van der Waals surface area (Å²) in [6, 6.07) is 11.3. The van der Waals surface area contributed by atoms with E-state index in [0.29, 0.717) is 10.6 Å². The van der Waals surface area contributed by atoms with Crippen molar-refractivity contribution in [3.05, 3.63) is 61.2 Å². The Morgan fingerprint density at radius 3 is 2.74 bits per heavy atom. The Kier molecular flexibility index (Phi) is 6.20. The van der Waals surface area contributed by atoms with Gasteiger partial charge in [0.2, 0.25) is 5.91 Å². The summed E-state index contributed by atoms with van der Waals surface area (Å²) in [4.78, 5) is 20.4. The normalized spacial score (nSPS) is 13.6. The second-order valence-corrected chi connectivity index (χ2v) is 10.6. The molecule has 2 aromatic carbocycles. The molecule has 2 aromatic heterocycles. The fraction of sp³-hybridized carbons (Fsp3) is 0.261. The maximum absolute atomic E-state index is 12.8. The summed E-state index contributed by atoms with van der Waals surface area (Å²) in [6.07, 6.45) is 8.17. The van der Waals surface area contributed by atoms with Gasteiger partial charge in [0, 0.05) is 43.2 Å². The number of nitrogens with zero attached hydrogens (tertiary/aromatic N) is 3. The van der Waals surface area contributed by atoms with Crippen LogP contribution in [0.1, 0.15) is 19.3 Å². The lowest BCUT2D eigenvalue weighted by atomic mass is 10.3. The van der Waals surface area contributed by atoms with Crippen molar-refractivity contribution in [3.63, 3.8) is 0 Å². The Morgan fingerprint density at radius 2 is 2.00 bits per heavy atom. The third kappa shape index (κ3) is 5.37. The van der Waals surface area contributed by atoms with Gasteiger partial charge in [0.15, 0.2) is 5.13 Å². The van der Waals surface area contributed by atoms with Crippen molar-refractivity contribution in [3.8, 4) is 5.75 Å². The third-order valence-corrected chi connectivity index (χ3v) is 7.56. The summed E-state index contributed by atoms with van der Waals surface area (Å²) in [5.41, 5.74) is 1.50. The molecule has 1 aliphatic rings. The topological polar surface area (TPSA) is 115 Å². The lowest BCUT2D eigenvalue weighted by Gasteiger charge is -2.09. The van der Waals surface area contributed by atoms with Crippen molar-refractivity contribution < 1.29 is 17.4 Å². The lowest BCUT2D eigenvalue weighted by molar-refractivity contribution is -0.117. The van der Waals surface area contributed by atoms with E-state index in [4.69, 9.17) is 4.18 Å². The van der Waals surface area contributed by atoms with Gasteiger partial charge in [-0.15, -0.1) is 0 Å². The number of nitrogens with one attached hydrogen (secondary N) is 2. The molecule has 4 aromatic rings. The first-order valence-electron chi connectivity index (χ1n) is 10.9. The molecule has 0 bridgehead atoms. The predicted molar refractivity (Wildman–Crippen MR) is 131 cm³/mol. The first-order chi connectivity index (χ1) is 16.5. The number of rotatable bonds is 10. The predicted octanol–water partition coefficient (Wildman–Crippen LogP) is 4.11. The number of hydrogen-bond donors (Lipinski definition) is 2. The zero-order valence-corrected chi connectivity index (χ0v) is 19.8. The molecule has 2 N–H and O–H groups in total. The minimum absolute atomic E-state index is 0.0192. The molecule has 2 heterocycles. The van der Waals surface area contributed by atoms with Gasteiger partial charge in [-0.2, -0.15) is 8.42 Å². The standard InChI is InChI=1S/C23H23N5O4S2/c29-22(16-2-3-16)27-23-26-20-9-6-18(14-21(20)33-23)32-34(30,31)19-7-4-17(5-8-19)25-10-1-12-28-13-11-24-15-28/h4-9,11,13-16,25H,1-3,10,12H2,(H,26,27,29). The minimum atomic E-state index is -3.99. The molecule has 176 valence electrons. The first-order valence-corrected chi connectivity index (χ1v) is 13.1. The molecule has 0 radical (unpaired) electrons. The van der Waals surface area contributed by atoms with E-state index in [1.54, 1.807) is 42.9 Å². The first kappa shape index (κ1) is 22.4. The highest BCUT2D eigenvalue weighted by Crippen LogP contribution is 2.33. The average Bonchev–Trinajstić information content (AvgIpc) is 3.40. The van der Waals surface area contributed by atoms with Gasteiger partial charge in [0.1, 0.15) is 10.6 Å². The van der Waals surface area contributed by atoms with Crippen LogP contribution in [0.15, 0.2) is 66.1 Å². The van der Waals surface area contributed by atoms with E-state index in [1.807, 2.05) is 10.8 Å². The molecule has 5 rings (SSSR count). The van der Waals surface area contributed by atoms with E-state index >= 15 is 0 Å². The number of aryl methyl sites for hydroxylation is 1. The van der Waals surface area contributed by atoms with Gasteiger partial charge < -0.3 is 19.4 Å². The van der Waals surface area contributed by atoms with Gasteiger partial charge in [-0.1, -0.05) is 11.3 Å². The summed E-state index contributed by atoms with van der Waals surface area (Å²) in [6.45, 7) is 1.60. The smallest absolute Gasteiger partial charge is 0.339 e. The summed E-state index contributed by atoms with van der Waals surface area (Å²) in [5.74, 6) is 0.257. The molecule has 0 atom stereocenters. The Hall–Kier alpha value is -3.44. The second kappa shape index (κ2) is 9.43. The quantitative estimate of drug-likeness (QED) is 0.250. The number of benzene rings is 2. The van der Waals surface area contributed by atoms with Crippen LogP contribution < -0.4 is 14.8 Å². The number of thiazole rings is 1. The molecule has 9 nitrogen and oxygen atoms in total. The van der Waals surface area contributed by atoms with Crippen molar-refractivity contribution >= 4 is 48.4 Å². The maximum Gasteiger partial charge on any atom is 0.339 e. The lowest BCUT2D eigenvalue weighted by Crippen LogP contribution is -2.12. The largest absolute Gasteiger partial charge is 0.385 e. The van der Waals surface area contributed by atoms with Gasteiger partial charge >= 0.3 is 10.1 Å². The fourth-order valence-corrected chi connectivity index (χ4v) is 5.21. The molecule has 11 heteroatoms. The summed E-state index contributed by atoms with van der Waals surface area (Å²) < 4.78 is 33.6. The Balaban J connectivity index is 1.19. The van der Waals surface area contributed by atoms with Crippen molar-refractivity contribution in [1.29, 1.82) is 0 Å². The van der Waals surface area contributed by atoms with Gasteiger partial charge in [-0.05, 0) is 55.7 Å². The molecule has 0 saturated heterocycles. The molecule has 0 aliphatic heterocycles. The highest BCUT2D eigenvalue weighted by molar-refractivity contribution is 7.87. The molecule has 0 unspecified atom stereocenters. The maximum atomic E-state index is 12.8. The van der Waals surface area contributed by atoms with E-state index in [2.05, 4.69) is 20.6 Å². The molecule has 34 heavy (non-hydrogen) atoms. The van der Waals surface area contributed by atoms with Crippen LogP contribution in [-0.4, -0.2) is 35.4 Å². The molecule has 1 aliphatic carbocycles. The van der Waals surface area contributed by atoms with Crippen LogP contribution in [-0.2, 0) is 21.5 Å². The van der Waals surface area contributed by atoms with Crippen LogP contribution in [0.2, 0.25) is 0 Å². The number of carbonyl (C=O) groups excluding carboxylic acids is 1. The molecule has 1 amide bonds. The minimum Gasteiger partial charge on any atom is -0.385 e. The molecule has 1 fully saturated rings. The zero-order chi connectivity index (χ0) is 23.5.